The topological polar surface area (TPSA) is 71.1 Å². The molecule has 2 aromatic rings. The fourth-order valence-electron chi connectivity index (χ4n) is 7.06. The lowest BCUT2D eigenvalue weighted by Gasteiger charge is -2.44. The minimum atomic E-state index is -3.51. The van der Waals surface area contributed by atoms with E-state index < -0.39 is 20.6 Å². The van der Waals surface area contributed by atoms with Crippen LogP contribution in [0.5, 0.6) is 0 Å². The first-order chi connectivity index (χ1) is 22.7. The molecule has 0 radical (unpaired) electrons. The van der Waals surface area contributed by atoms with Crippen molar-refractivity contribution in [2.24, 2.45) is 5.41 Å². The molecule has 1 spiro atoms. The molecule has 0 atom stereocenters. The van der Waals surface area contributed by atoms with Gasteiger partial charge in [0.05, 0.1) is 44.2 Å². The SMILES string of the molecule is CC(C)(C)c1cc(C(C)(C)C)c(CP2(=O)OCC3(CO2)COP(=O)(Cc2c(C(C)(C)C)cc(C(C)(C)C)cc2C(C)(C)C)OC3)c(C(C)(C)C)c1. The van der Waals surface area contributed by atoms with Crippen LogP contribution in [-0.4, -0.2) is 26.4 Å². The van der Waals surface area contributed by atoms with Crippen molar-refractivity contribution in [3.8, 4) is 0 Å². The number of rotatable bonds is 4. The van der Waals surface area contributed by atoms with Crippen molar-refractivity contribution in [1.82, 2.24) is 0 Å². The van der Waals surface area contributed by atoms with Gasteiger partial charge in [-0.2, -0.15) is 0 Å². The van der Waals surface area contributed by atoms with Gasteiger partial charge in [0.15, 0.2) is 0 Å². The standard InChI is InChI=1S/C43H70O6P2/c1-37(2,3)29-19-33(39(7,8)9)31(34(20-29)40(10,11)12)23-50(44)46-25-43(26-47-50)27-48-51(45,49-28-43)24-32-35(41(13,14)15)21-30(38(4,5)6)22-36(32)42(16,17)18/h19-22H,23-28H2,1-18H3. The van der Waals surface area contributed by atoms with Gasteiger partial charge in [-0.1, -0.05) is 149 Å². The van der Waals surface area contributed by atoms with Crippen LogP contribution >= 0.6 is 15.2 Å². The minimum Gasteiger partial charge on any atom is -0.307 e. The van der Waals surface area contributed by atoms with Gasteiger partial charge in [-0.05, 0) is 77.0 Å². The van der Waals surface area contributed by atoms with Gasteiger partial charge in [0.2, 0.25) is 0 Å². The number of hydrogen-bond donors (Lipinski definition) is 0. The maximum atomic E-state index is 14.4. The van der Waals surface area contributed by atoms with Crippen molar-refractivity contribution in [3.63, 3.8) is 0 Å². The van der Waals surface area contributed by atoms with Gasteiger partial charge < -0.3 is 18.1 Å². The quantitative estimate of drug-likeness (QED) is 0.290. The summed E-state index contributed by atoms with van der Waals surface area (Å²) in [7, 11) is -7.03. The van der Waals surface area contributed by atoms with E-state index in [1.807, 2.05) is 0 Å². The van der Waals surface area contributed by atoms with Gasteiger partial charge >= 0.3 is 15.2 Å². The van der Waals surface area contributed by atoms with Crippen LogP contribution in [0.1, 0.15) is 169 Å². The molecule has 2 aliphatic heterocycles. The lowest BCUT2D eigenvalue weighted by Crippen LogP contribution is -2.45. The Morgan fingerprint density at radius 3 is 0.824 bits per heavy atom. The molecule has 8 heteroatoms. The summed E-state index contributed by atoms with van der Waals surface area (Å²) in [4.78, 5) is 0. The van der Waals surface area contributed by atoms with Crippen LogP contribution in [0.3, 0.4) is 0 Å². The van der Waals surface area contributed by atoms with Crippen molar-refractivity contribution in [1.29, 1.82) is 0 Å². The molecule has 0 bridgehead atoms. The van der Waals surface area contributed by atoms with Gasteiger partial charge in [0, 0.05) is 0 Å². The molecule has 2 fully saturated rings. The average molecular weight is 745 g/mol. The lowest BCUT2D eigenvalue weighted by molar-refractivity contribution is -0.0690. The summed E-state index contributed by atoms with van der Waals surface area (Å²) in [5, 5.41) is 0. The fraction of sp³-hybridized carbons (Fsp3) is 0.721. The second-order valence-corrected chi connectivity index (χ2v) is 25.8. The third-order valence-corrected chi connectivity index (χ3v) is 13.9. The van der Waals surface area contributed by atoms with E-state index in [2.05, 4.69) is 149 Å². The lowest BCUT2D eigenvalue weighted by atomic mass is 9.72. The Labute approximate surface area is 311 Å². The van der Waals surface area contributed by atoms with Gasteiger partial charge in [-0.3, -0.25) is 9.13 Å². The summed E-state index contributed by atoms with van der Waals surface area (Å²) in [6.45, 7) is 40.5. The Morgan fingerprint density at radius 2 is 0.647 bits per heavy atom. The number of benzene rings is 2. The zero-order chi connectivity index (χ0) is 39.0. The van der Waals surface area contributed by atoms with E-state index >= 15 is 0 Å². The highest BCUT2D eigenvalue weighted by Gasteiger charge is 2.50. The molecule has 288 valence electrons. The van der Waals surface area contributed by atoms with Crippen LogP contribution in [0.2, 0.25) is 0 Å². The summed E-state index contributed by atoms with van der Waals surface area (Å²) < 4.78 is 53.8. The molecule has 2 aromatic carbocycles. The van der Waals surface area contributed by atoms with E-state index in [0.717, 1.165) is 11.1 Å². The molecule has 4 rings (SSSR count). The van der Waals surface area contributed by atoms with Crippen LogP contribution in [-0.2, 0) is 72.0 Å². The van der Waals surface area contributed by atoms with Crippen LogP contribution in [0.4, 0.5) is 0 Å². The zero-order valence-corrected chi connectivity index (χ0v) is 37.2. The molecule has 2 heterocycles. The zero-order valence-electron chi connectivity index (χ0n) is 35.4. The van der Waals surface area contributed by atoms with Crippen LogP contribution < -0.4 is 0 Å². The van der Waals surface area contributed by atoms with Crippen molar-refractivity contribution < 1.29 is 27.2 Å². The molecule has 2 aliphatic rings. The Morgan fingerprint density at radius 1 is 0.431 bits per heavy atom. The largest absolute Gasteiger partial charge is 0.335 e. The van der Waals surface area contributed by atoms with Gasteiger partial charge in [-0.15, -0.1) is 0 Å². The summed E-state index contributed by atoms with van der Waals surface area (Å²) in [5.74, 6) is 0. The van der Waals surface area contributed by atoms with E-state index in [-0.39, 0.29) is 71.2 Å². The smallest absolute Gasteiger partial charge is 0.307 e. The summed E-state index contributed by atoms with van der Waals surface area (Å²) in [5.41, 5.74) is 7.86. The van der Waals surface area contributed by atoms with Gasteiger partial charge in [-0.25, -0.2) is 0 Å². The van der Waals surface area contributed by atoms with Crippen LogP contribution in [0, 0.1) is 5.41 Å². The molecule has 0 aliphatic carbocycles. The molecule has 6 nitrogen and oxygen atoms in total. The average Bonchev–Trinajstić information content (AvgIpc) is 2.93. The van der Waals surface area contributed by atoms with E-state index in [4.69, 9.17) is 18.1 Å². The molecule has 0 amide bonds. The summed E-state index contributed by atoms with van der Waals surface area (Å²) >= 11 is 0. The highest BCUT2D eigenvalue weighted by molar-refractivity contribution is 7.53. The van der Waals surface area contributed by atoms with Crippen LogP contribution in [0.15, 0.2) is 24.3 Å². The van der Waals surface area contributed by atoms with Gasteiger partial charge in [0.1, 0.15) is 0 Å². The molecule has 0 aromatic heterocycles. The first kappa shape index (κ1) is 42.5. The van der Waals surface area contributed by atoms with Crippen molar-refractivity contribution in [2.45, 2.75) is 169 Å². The molecule has 0 N–H and O–H groups in total. The maximum Gasteiger partial charge on any atom is 0.335 e. The normalized spacial score (nSPS) is 25.8. The molecular weight excluding hydrogens is 674 g/mol. The van der Waals surface area contributed by atoms with E-state index in [1.165, 1.54) is 33.4 Å². The molecule has 0 saturated carbocycles. The predicted molar refractivity (Wildman–Crippen MR) is 214 cm³/mol. The second kappa shape index (κ2) is 13.5. The van der Waals surface area contributed by atoms with E-state index in [0.29, 0.717) is 0 Å². The minimum absolute atomic E-state index is 0.0357. The third-order valence-electron chi connectivity index (χ3n) is 10.4. The predicted octanol–water partition coefficient (Wildman–Crippen LogP) is 12.6. The Kier molecular flexibility index (Phi) is 11.2. The first-order valence-corrected chi connectivity index (χ1v) is 22.3. The Bertz CT molecular complexity index is 1490. The van der Waals surface area contributed by atoms with Gasteiger partial charge in [0.25, 0.3) is 0 Å². The highest BCUT2D eigenvalue weighted by Crippen LogP contribution is 2.63. The Hall–Kier alpha value is -1.26. The van der Waals surface area contributed by atoms with Crippen molar-refractivity contribution >= 4 is 15.2 Å². The maximum absolute atomic E-state index is 14.4. The van der Waals surface area contributed by atoms with E-state index in [9.17, 15) is 9.13 Å². The molecular formula is C43H70O6P2. The molecule has 51 heavy (non-hydrogen) atoms. The van der Waals surface area contributed by atoms with Crippen LogP contribution in [0.25, 0.3) is 0 Å². The van der Waals surface area contributed by atoms with Crippen molar-refractivity contribution in [3.05, 3.63) is 68.8 Å². The molecule has 2 saturated heterocycles. The van der Waals surface area contributed by atoms with Crippen molar-refractivity contribution in [2.75, 3.05) is 26.4 Å². The monoisotopic (exact) mass is 744 g/mol. The molecule has 0 unspecified atom stereocenters. The second-order valence-electron chi connectivity index (χ2n) is 21.7. The third kappa shape index (κ3) is 9.71. The Balaban J connectivity index is 1.60. The highest BCUT2D eigenvalue weighted by atomic mass is 31.2. The summed E-state index contributed by atoms with van der Waals surface area (Å²) in [6, 6.07) is 9.15. The fourth-order valence-corrected chi connectivity index (χ4v) is 10.9. The number of hydrogen-bond acceptors (Lipinski definition) is 6. The van der Waals surface area contributed by atoms with E-state index in [1.54, 1.807) is 0 Å². The first-order valence-electron chi connectivity index (χ1n) is 18.8. The summed E-state index contributed by atoms with van der Waals surface area (Å²) in [6.07, 6.45) is 0.394.